The van der Waals surface area contributed by atoms with Crippen molar-refractivity contribution in [1.29, 1.82) is 0 Å². The first-order chi connectivity index (χ1) is 11.8. The minimum atomic E-state index is -3.52. The Morgan fingerprint density at radius 3 is 1.64 bits per heavy atom. The van der Waals surface area contributed by atoms with Gasteiger partial charge in [0.25, 0.3) is 0 Å². The zero-order chi connectivity index (χ0) is 18.1. The van der Waals surface area contributed by atoms with Gasteiger partial charge in [-0.1, -0.05) is 56.3 Å². The molecule has 0 aliphatic carbocycles. The number of sulfone groups is 1. The van der Waals surface area contributed by atoms with Gasteiger partial charge in [0.2, 0.25) is 9.84 Å². The molecule has 4 heteroatoms. The molecular formula is C21H19FO2S. The van der Waals surface area contributed by atoms with E-state index in [2.05, 4.69) is 0 Å². The number of hydrogen-bond donors (Lipinski definition) is 0. The van der Waals surface area contributed by atoms with Crippen LogP contribution in [0.2, 0.25) is 0 Å². The summed E-state index contributed by atoms with van der Waals surface area (Å²) in [5.74, 6) is -0.274. The molecule has 3 aromatic rings. The summed E-state index contributed by atoms with van der Waals surface area (Å²) in [7, 11) is -3.52. The van der Waals surface area contributed by atoms with E-state index in [0.29, 0.717) is 0 Å². The lowest BCUT2D eigenvalue weighted by Gasteiger charge is -2.26. The maximum atomic E-state index is 13.2. The van der Waals surface area contributed by atoms with Crippen LogP contribution in [-0.4, -0.2) is 8.42 Å². The van der Waals surface area contributed by atoms with Gasteiger partial charge in [-0.25, -0.2) is 12.8 Å². The van der Waals surface area contributed by atoms with Gasteiger partial charge in [-0.05, 0) is 47.5 Å². The van der Waals surface area contributed by atoms with Crippen LogP contribution in [0, 0.1) is 5.82 Å². The van der Waals surface area contributed by atoms with E-state index in [9.17, 15) is 12.8 Å². The van der Waals surface area contributed by atoms with Crippen molar-refractivity contribution in [2.45, 2.75) is 29.1 Å². The second kappa shape index (κ2) is 6.45. The zero-order valence-corrected chi connectivity index (χ0v) is 14.9. The van der Waals surface area contributed by atoms with Crippen LogP contribution in [0.5, 0.6) is 0 Å². The molecular weight excluding hydrogens is 335 g/mol. The SMILES string of the molecule is CC(C)(c1ccc(F)cc1)c1ccc(S(=O)(=O)c2ccccc2)cc1. The van der Waals surface area contributed by atoms with Crippen molar-refractivity contribution in [3.63, 3.8) is 0 Å². The third-order valence-electron chi connectivity index (χ3n) is 4.51. The second-order valence-electron chi connectivity index (χ2n) is 6.47. The Morgan fingerprint density at radius 2 is 1.12 bits per heavy atom. The fourth-order valence-electron chi connectivity index (χ4n) is 2.82. The summed E-state index contributed by atoms with van der Waals surface area (Å²) in [6, 6.07) is 21.7. The first-order valence-electron chi connectivity index (χ1n) is 7.98. The molecule has 0 fully saturated rings. The van der Waals surface area contributed by atoms with Gasteiger partial charge >= 0.3 is 0 Å². The smallest absolute Gasteiger partial charge is 0.206 e. The molecule has 0 N–H and O–H groups in total. The van der Waals surface area contributed by atoms with Crippen molar-refractivity contribution in [1.82, 2.24) is 0 Å². The summed E-state index contributed by atoms with van der Waals surface area (Å²) in [5, 5.41) is 0. The monoisotopic (exact) mass is 354 g/mol. The molecule has 0 atom stereocenters. The molecule has 3 rings (SSSR count). The van der Waals surface area contributed by atoms with Gasteiger partial charge < -0.3 is 0 Å². The normalized spacial score (nSPS) is 12.1. The van der Waals surface area contributed by atoms with Gasteiger partial charge in [-0.3, -0.25) is 0 Å². The zero-order valence-electron chi connectivity index (χ0n) is 14.1. The van der Waals surface area contributed by atoms with Gasteiger partial charge in [0.05, 0.1) is 9.79 Å². The van der Waals surface area contributed by atoms with Crippen LogP contribution in [0.4, 0.5) is 4.39 Å². The molecule has 0 aliphatic heterocycles. The summed E-state index contributed by atoms with van der Waals surface area (Å²) in [4.78, 5) is 0.540. The minimum absolute atomic E-state index is 0.261. The average molecular weight is 354 g/mol. The molecule has 0 bridgehead atoms. The van der Waals surface area contributed by atoms with E-state index in [4.69, 9.17) is 0 Å². The summed E-state index contributed by atoms with van der Waals surface area (Å²) in [6.45, 7) is 4.06. The van der Waals surface area contributed by atoms with Crippen molar-refractivity contribution in [2.75, 3.05) is 0 Å². The maximum Gasteiger partial charge on any atom is 0.206 e. The largest absolute Gasteiger partial charge is 0.219 e. The molecule has 0 amide bonds. The second-order valence-corrected chi connectivity index (χ2v) is 8.42. The van der Waals surface area contributed by atoms with Gasteiger partial charge in [-0.15, -0.1) is 0 Å². The fourth-order valence-corrected chi connectivity index (χ4v) is 4.10. The number of hydrogen-bond acceptors (Lipinski definition) is 2. The van der Waals surface area contributed by atoms with Gasteiger partial charge in [0.1, 0.15) is 5.82 Å². The third-order valence-corrected chi connectivity index (χ3v) is 6.29. The van der Waals surface area contributed by atoms with E-state index >= 15 is 0 Å². The molecule has 0 spiro atoms. The standard InChI is InChI=1S/C21H19FO2S/c1-21(2,16-8-12-18(22)13-9-16)17-10-14-20(15-11-17)25(23,24)19-6-4-3-5-7-19/h3-15H,1-2H3. The van der Waals surface area contributed by atoms with Crippen LogP contribution in [-0.2, 0) is 15.3 Å². The molecule has 0 heterocycles. The van der Waals surface area contributed by atoms with Crippen LogP contribution in [0.3, 0.4) is 0 Å². The molecule has 0 aromatic heterocycles. The lowest BCUT2D eigenvalue weighted by Crippen LogP contribution is -2.19. The molecule has 0 radical (unpaired) electrons. The van der Waals surface area contributed by atoms with Crippen LogP contribution < -0.4 is 0 Å². The van der Waals surface area contributed by atoms with E-state index in [1.165, 1.54) is 12.1 Å². The molecule has 0 aliphatic rings. The Morgan fingerprint density at radius 1 is 0.680 bits per heavy atom. The minimum Gasteiger partial charge on any atom is -0.219 e. The Bertz CT molecular complexity index is 959. The lowest BCUT2D eigenvalue weighted by atomic mass is 9.78. The van der Waals surface area contributed by atoms with Crippen molar-refractivity contribution in [3.05, 3.63) is 95.8 Å². The highest BCUT2D eigenvalue weighted by molar-refractivity contribution is 7.91. The lowest BCUT2D eigenvalue weighted by molar-refractivity contribution is 0.595. The highest BCUT2D eigenvalue weighted by Crippen LogP contribution is 2.32. The Hall–Kier alpha value is -2.46. The van der Waals surface area contributed by atoms with Crippen molar-refractivity contribution in [3.8, 4) is 0 Å². The molecule has 0 unspecified atom stereocenters. The van der Waals surface area contributed by atoms with Crippen LogP contribution in [0.25, 0.3) is 0 Å². The van der Waals surface area contributed by atoms with Crippen LogP contribution >= 0.6 is 0 Å². The number of halogens is 1. The summed E-state index contributed by atoms with van der Waals surface area (Å²) in [6.07, 6.45) is 0. The van der Waals surface area contributed by atoms with Crippen LogP contribution in [0.15, 0.2) is 88.7 Å². The van der Waals surface area contributed by atoms with E-state index in [1.807, 2.05) is 26.0 Å². The fraction of sp³-hybridized carbons (Fsp3) is 0.143. The molecule has 3 aromatic carbocycles. The summed E-state index contributed by atoms with van der Waals surface area (Å²) in [5.41, 5.74) is 1.57. The van der Waals surface area contributed by atoms with Gasteiger partial charge in [0.15, 0.2) is 0 Å². The predicted octanol–water partition coefficient (Wildman–Crippen LogP) is 4.98. The quantitative estimate of drug-likeness (QED) is 0.662. The Labute approximate surface area is 147 Å². The molecule has 2 nitrogen and oxygen atoms in total. The van der Waals surface area contributed by atoms with Crippen molar-refractivity contribution >= 4 is 9.84 Å². The van der Waals surface area contributed by atoms with E-state index in [-0.39, 0.29) is 21.0 Å². The predicted molar refractivity (Wildman–Crippen MR) is 96.9 cm³/mol. The Balaban J connectivity index is 1.96. The van der Waals surface area contributed by atoms with E-state index in [0.717, 1.165) is 11.1 Å². The van der Waals surface area contributed by atoms with Gasteiger partial charge in [-0.2, -0.15) is 0 Å². The van der Waals surface area contributed by atoms with Crippen molar-refractivity contribution in [2.24, 2.45) is 0 Å². The summed E-state index contributed by atoms with van der Waals surface area (Å²) >= 11 is 0. The summed E-state index contributed by atoms with van der Waals surface area (Å²) < 4.78 is 38.5. The molecule has 25 heavy (non-hydrogen) atoms. The highest BCUT2D eigenvalue weighted by Gasteiger charge is 2.24. The molecule has 0 saturated heterocycles. The van der Waals surface area contributed by atoms with Crippen molar-refractivity contribution < 1.29 is 12.8 Å². The first kappa shape index (κ1) is 17.4. The van der Waals surface area contributed by atoms with E-state index in [1.54, 1.807) is 54.6 Å². The number of benzene rings is 3. The van der Waals surface area contributed by atoms with E-state index < -0.39 is 9.84 Å². The van der Waals surface area contributed by atoms with Crippen LogP contribution in [0.1, 0.15) is 25.0 Å². The third kappa shape index (κ3) is 3.35. The highest BCUT2D eigenvalue weighted by atomic mass is 32.2. The Kier molecular flexibility index (Phi) is 4.48. The maximum absolute atomic E-state index is 13.2. The number of rotatable bonds is 4. The topological polar surface area (TPSA) is 34.1 Å². The molecule has 0 saturated carbocycles. The first-order valence-corrected chi connectivity index (χ1v) is 9.47. The average Bonchev–Trinajstić information content (AvgIpc) is 2.63. The molecule has 128 valence electrons. The van der Waals surface area contributed by atoms with Gasteiger partial charge in [0, 0.05) is 5.41 Å².